The molecule has 0 aromatic carbocycles. The van der Waals surface area contributed by atoms with Crippen LogP contribution in [0.4, 0.5) is 8.78 Å². The molecule has 0 aliphatic rings. The van der Waals surface area contributed by atoms with Crippen molar-refractivity contribution in [2.24, 2.45) is 0 Å². The topological polar surface area (TPSA) is 21.3 Å². The highest BCUT2D eigenvalue weighted by Crippen LogP contribution is 2.19. The second-order valence-electron chi connectivity index (χ2n) is 3.42. The standard InChI is InChI=1S/C11H17F2NOS/c1-2-14-10(9-4-6-16-8-9)3-5-15-7-11(12)13/h4,6,8,10-11,14H,2-3,5,7H2,1H3. The van der Waals surface area contributed by atoms with Crippen LogP contribution in [0.2, 0.25) is 0 Å². The summed E-state index contributed by atoms with van der Waals surface area (Å²) in [6.45, 7) is 2.77. The lowest BCUT2D eigenvalue weighted by atomic mass is 10.1. The normalized spacial score (nSPS) is 13.2. The molecule has 0 saturated carbocycles. The number of hydrogen-bond donors (Lipinski definition) is 1. The van der Waals surface area contributed by atoms with E-state index in [1.807, 2.05) is 18.4 Å². The third-order valence-electron chi connectivity index (χ3n) is 2.19. The molecule has 1 unspecified atom stereocenters. The molecule has 1 rings (SSSR count). The van der Waals surface area contributed by atoms with Crippen LogP contribution in [0.1, 0.15) is 24.9 Å². The van der Waals surface area contributed by atoms with Crippen molar-refractivity contribution < 1.29 is 13.5 Å². The molecule has 0 saturated heterocycles. The molecular formula is C11H17F2NOS. The summed E-state index contributed by atoms with van der Waals surface area (Å²) in [6, 6.07) is 2.25. The summed E-state index contributed by atoms with van der Waals surface area (Å²) in [7, 11) is 0. The van der Waals surface area contributed by atoms with Gasteiger partial charge in [0.15, 0.2) is 0 Å². The van der Waals surface area contributed by atoms with Gasteiger partial charge in [-0.25, -0.2) is 8.78 Å². The smallest absolute Gasteiger partial charge is 0.261 e. The Balaban J connectivity index is 2.29. The maximum Gasteiger partial charge on any atom is 0.261 e. The molecule has 1 aromatic rings. The van der Waals surface area contributed by atoms with E-state index in [1.165, 1.54) is 5.56 Å². The van der Waals surface area contributed by atoms with E-state index in [0.29, 0.717) is 6.61 Å². The number of ether oxygens (including phenoxy) is 1. The van der Waals surface area contributed by atoms with E-state index in [2.05, 4.69) is 10.7 Å². The molecular weight excluding hydrogens is 232 g/mol. The molecule has 16 heavy (non-hydrogen) atoms. The molecule has 92 valence electrons. The van der Waals surface area contributed by atoms with Gasteiger partial charge in [-0.2, -0.15) is 11.3 Å². The summed E-state index contributed by atoms with van der Waals surface area (Å²) in [5, 5.41) is 7.40. The van der Waals surface area contributed by atoms with E-state index in [-0.39, 0.29) is 6.04 Å². The average Bonchev–Trinajstić information content (AvgIpc) is 2.75. The van der Waals surface area contributed by atoms with Crippen LogP contribution in [0.3, 0.4) is 0 Å². The fraction of sp³-hybridized carbons (Fsp3) is 0.636. The lowest BCUT2D eigenvalue weighted by molar-refractivity contribution is 0.0144. The van der Waals surface area contributed by atoms with Crippen molar-refractivity contribution in [3.05, 3.63) is 22.4 Å². The van der Waals surface area contributed by atoms with E-state index in [1.54, 1.807) is 11.3 Å². The Morgan fingerprint density at radius 2 is 2.31 bits per heavy atom. The maximum absolute atomic E-state index is 11.8. The van der Waals surface area contributed by atoms with Crippen LogP contribution in [0.25, 0.3) is 0 Å². The van der Waals surface area contributed by atoms with Gasteiger partial charge < -0.3 is 10.1 Å². The van der Waals surface area contributed by atoms with Gasteiger partial charge in [0, 0.05) is 12.6 Å². The first-order valence-electron chi connectivity index (χ1n) is 5.35. The molecule has 0 fully saturated rings. The summed E-state index contributed by atoms with van der Waals surface area (Å²) < 4.78 is 28.6. The summed E-state index contributed by atoms with van der Waals surface area (Å²) >= 11 is 1.64. The van der Waals surface area contributed by atoms with Gasteiger partial charge >= 0.3 is 0 Å². The van der Waals surface area contributed by atoms with Crippen LogP contribution in [0.5, 0.6) is 0 Å². The Labute approximate surface area is 98.6 Å². The zero-order valence-electron chi connectivity index (χ0n) is 9.29. The Morgan fingerprint density at radius 3 is 2.88 bits per heavy atom. The van der Waals surface area contributed by atoms with Crippen LogP contribution in [-0.2, 0) is 4.74 Å². The van der Waals surface area contributed by atoms with E-state index in [4.69, 9.17) is 4.74 Å². The molecule has 1 heterocycles. The van der Waals surface area contributed by atoms with Crippen LogP contribution in [0.15, 0.2) is 16.8 Å². The minimum absolute atomic E-state index is 0.203. The number of thiophene rings is 1. The van der Waals surface area contributed by atoms with Crippen molar-refractivity contribution in [3.8, 4) is 0 Å². The summed E-state index contributed by atoms with van der Waals surface area (Å²) in [5.74, 6) is 0. The predicted octanol–water partition coefficient (Wildman–Crippen LogP) is 3.07. The SMILES string of the molecule is CCNC(CCOCC(F)F)c1ccsc1. The van der Waals surface area contributed by atoms with Crippen molar-refractivity contribution in [2.45, 2.75) is 25.8 Å². The molecule has 0 bridgehead atoms. The van der Waals surface area contributed by atoms with Crippen LogP contribution in [-0.4, -0.2) is 26.2 Å². The number of nitrogens with one attached hydrogen (secondary N) is 1. The quantitative estimate of drug-likeness (QED) is 0.715. The van der Waals surface area contributed by atoms with Crippen LogP contribution >= 0.6 is 11.3 Å². The van der Waals surface area contributed by atoms with Crippen molar-refractivity contribution in [1.29, 1.82) is 0 Å². The second-order valence-corrected chi connectivity index (χ2v) is 4.20. The molecule has 2 nitrogen and oxygen atoms in total. The lowest BCUT2D eigenvalue weighted by Gasteiger charge is -2.16. The monoisotopic (exact) mass is 249 g/mol. The van der Waals surface area contributed by atoms with E-state index in [0.717, 1.165) is 13.0 Å². The van der Waals surface area contributed by atoms with Gasteiger partial charge in [-0.3, -0.25) is 0 Å². The highest BCUT2D eigenvalue weighted by Gasteiger charge is 2.11. The minimum Gasteiger partial charge on any atom is -0.375 e. The Hall–Kier alpha value is -0.520. The minimum atomic E-state index is -2.38. The molecule has 0 radical (unpaired) electrons. The van der Waals surface area contributed by atoms with Crippen molar-refractivity contribution >= 4 is 11.3 Å². The molecule has 0 aliphatic carbocycles. The zero-order chi connectivity index (χ0) is 11.8. The Morgan fingerprint density at radius 1 is 1.50 bits per heavy atom. The first kappa shape index (κ1) is 13.5. The largest absolute Gasteiger partial charge is 0.375 e. The van der Waals surface area contributed by atoms with Gasteiger partial charge in [0.1, 0.15) is 6.61 Å². The molecule has 1 N–H and O–H groups in total. The Bertz CT molecular complexity index is 267. The van der Waals surface area contributed by atoms with Gasteiger partial charge in [0.05, 0.1) is 0 Å². The van der Waals surface area contributed by atoms with Crippen molar-refractivity contribution in [1.82, 2.24) is 5.32 Å². The van der Waals surface area contributed by atoms with Crippen LogP contribution < -0.4 is 5.32 Å². The highest BCUT2D eigenvalue weighted by molar-refractivity contribution is 7.07. The van der Waals surface area contributed by atoms with Crippen LogP contribution in [0, 0.1) is 0 Å². The molecule has 0 spiro atoms. The average molecular weight is 249 g/mol. The summed E-state index contributed by atoms with van der Waals surface area (Å²) in [4.78, 5) is 0. The first-order chi connectivity index (χ1) is 7.74. The maximum atomic E-state index is 11.8. The molecule has 1 aromatic heterocycles. The van der Waals surface area contributed by atoms with Crippen molar-refractivity contribution in [3.63, 3.8) is 0 Å². The van der Waals surface area contributed by atoms with E-state index in [9.17, 15) is 8.78 Å². The number of rotatable bonds is 8. The lowest BCUT2D eigenvalue weighted by Crippen LogP contribution is -2.22. The number of hydrogen-bond acceptors (Lipinski definition) is 3. The predicted molar refractivity (Wildman–Crippen MR) is 62.2 cm³/mol. The fourth-order valence-electron chi connectivity index (χ4n) is 1.48. The fourth-order valence-corrected chi connectivity index (χ4v) is 2.19. The second kappa shape index (κ2) is 7.70. The molecule has 1 atom stereocenters. The van der Waals surface area contributed by atoms with Gasteiger partial charge in [0.2, 0.25) is 0 Å². The molecule has 5 heteroatoms. The first-order valence-corrected chi connectivity index (χ1v) is 6.29. The summed E-state index contributed by atoms with van der Waals surface area (Å²) in [6.07, 6.45) is -1.66. The van der Waals surface area contributed by atoms with Gasteiger partial charge in [0.25, 0.3) is 6.43 Å². The third-order valence-corrected chi connectivity index (χ3v) is 2.89. The van der Waals surface area contributed by atoms with E-state index < -0.39 is 13.0 Å². The zero-order valence-corrected chi connectivity index (χ0v) is 10.1. The van der Waals surface area contributed by atoms with E-state index >= 15 is 0 Å². The number of alkyl halides is 2. The van der Waals surface area contributed by atoms with Crippen molar-refractivity contribution in [2.75, 3.05) is 19.8 Å². The van der Waals surface area contributed by atoms with Gasteiger partial charge in [-0.15, -0.1) is 0 Å². The third kappa shape index (κ3) is 5.01. The van der Waals surface area contributed by atoms with Gasteiger partial charge in [-0.1, -0.05) is 6.92 Å². The Kier molecular flexibility index (Phi) is 6.52. The highest BCUT2D eigenvalue weighted by atomic mass is 32.1. The number of halogens is 2. The molecule has 0 amide bonds. The van der Waals surface area contributed by atoms with Gasteiger partial charge in [-0.05, 0) is 35.4 Å². The summed E-state index contributed by atoms with van der Waals surface area (Å²) in [5.41, 5.74) is 1.20. The molecule has 0 aliphatic heterocycles.